The average Bonchev–Trinajstić information content (AvgIpc) is 2.92. The molecule has 0 N–H and O–H groups in total. The van der Waals surface area contributed by atoms with Crippen LogP contribution in [-0.2, 0) is 0 Å². The second-order valence-electron chi connectivity index (χ2n) is 4.62. The van der Waals surface area contributed by atoms with Crippen LogP contribution in [0.15, 0.2) is 36.8 Å². The van der Waals surface area contributed by atoms with Crippen molar-refractivity contribution in [3.8, 4) is 5.88 Å². The van der Waals surface area contributed by atoms with E-state index in [9.17, 15) is 0 Å². The van der Waals surface area contributed by atoms with Gasteiger partial charge in [0.2, 0.25) is 5.88 Å². The summed E-state index contributed by atoms with van der Waals surface area (Å²) in [4.78, 5) is 10.4. The molecule has 1 saturated heterocycles. The number of nitrogens with zero attached hydrogens (tertiary/aromatic N) is 3. The molecule has 2 aromatic heterocycles. The van der Waals surface area contributed by atoms with E-state index in [1.165, 1.54) is 0 Å². The Balaban J connectivity index is 1.66. The van der Waals surface area contributed by atoms with Gasteiger partial charge in [-0.1, -0.05) is 23.2 Å². The number of hydrogen-bond donors (Lipinski definition) is 0. The fourth-order valence-electron chi connectivity index (χ4n) is 2.26. The normalized spacial score (nSPS) is 18.3. The van der Waals surface area contributed by atoms with Crippen LogP contribution in [0.1, 0.15) is 6.42 Å². The summed E-state index contributed by atoms with van der Waals surface area (Å²) < 4.78 is 5.85. The standard InChI is InChI=1S/C14H13Cl2N3O/c15-10-7-13(16)14(18-8-10)20-12-3-6-19(9-12)11-1-4-17-5-2-11/h1-2,4-5,7-8,12H,3,6,9H2/t12-/m0/s1. The predicted octanol–water partition coefficient (Wildman–Crippen LogP) is 3.44. The van der Waals surface area contributed by atoms with Crippen molar-refractivity contribution in [1.29, 1.82) is 0 Å². The molecule has 1 atom stereocenters. The SMILES string of the molecule is Clc1cnc(O[C@H]2CCN(c3ccncc3)C2)c(Cl)c1. The average molecular weight is 310 g/mol. The van der Waals surface area contributed by atoms with Crippen LogP contribution >= 0.6 is 23.2 Å². The van der Waals surface area contributed by atoms with Gasteiger partial charge in [0, 0.05) is 37.2 Å². The van der Waals surface area contributed by atoms with Gasteiger partial charge >= 0.3 is 0 Å². The van der Waals surface area contributed by atoms with E-state index in [-0.39, 0.29) is 6.10 Å². The summed E-state index contributed by atoms with van der Waals surface area (Å²) in [5, 5.41) is 0.951. The highest BCUT2D eigenvalue weighted by Gasteiger charge is 2.25. The monoisotopic (exact) mass is 309 g/mol. The molecule has 0 unspecified atom stereocenters. The fourth-order valence-corrected chi connectivity index (χ4v) is 2.69. The molecule has 0 amide bonds. The fraction of sp³-hybridized carbons (Fsp3) is 0.286. The lowest BCUT2D eigenvalue weighted by atomic mass is 10.3. The second kappa shape index (κ2) is 5.85. The van der Waals surface area contributed by atoms with Crippen molar-refractivity contribution in [2.75, 3.05) is 18.0 Å². The third kappa shape index (κ3) is 2.97. The zero-order valence-corrected chi connectivity index (χ0v) is 12.2. The second-order valence-corrected chi connectivity index (χ2v) is 5.46. The first kappa shape index (κ1) is 13.5. The summed E-state index contributed by atoms with van der Waals surface area (Å²) in [6, 6.07) is 5.63. The van der Waals surface area contributed by atoms with E-state index in [2.05, 4.69) is 14.9 Å². The highest BCUT2D eigenvalue weighted by Crippen LogP contribution is 2.28. The van der Waals surface area contributed by atoms with Crippen molar-refractivity contribution in [1.82, 2.24) is 9.97 Å². The number of rotatable bonds is 3. The number of hydrogen-bond acceptors (Lipinski definition) is 4. The summed E-state index contributed by atoms with van der Waals surface area (Å²) in [5.41, 5.74) is 1.15. The van der Waals surface area contributed by atoms with E-state index < -0.39 is 0 Å². The Labute approximate surface area is 127 Å². The van der Waals surface area contributed by atoms with Crippen molar-refractivity contribution in [2.45, 2.75) is 12.5 Å². The molecular weight excluding hydrogens is 297 g/mol. The lowest BCUT2D eigenvalue weighted by Gasteiger charge is -2.18. The van der Waals surface area contributed by atoms with Crippen LogP contribution in [0.2, 0.25) is 10.0 Å². The lowest BCUT2D eigenvalue weighted by molar-refractivity contribution is 0.216. The first-order chi connectivity index (χ1) is 9.72. The third-order valence-electron chi connectivity index (χ3n) is 3.23. The minimum Gasteiger partial charge on any atom is -0.471 e. The van der Waals surface area contributed by atoms with Gasteiger partial charge in [-0.25, -0.2) is 4.98 Å². The van der Waals surface area contributed by atoms with E-state index in [0.717, 1.165) is 25.2 Å². The third-order valence-corrected chi connectivity index (χ3v) is 3.70. The Morgan fingerprint density at radius 1 is 1.25 bits per heavy atom. The molecular formula is C14H13Cl2N3O. The molecule has 1 aliphatic rings. The quantitative estimate of drug-likeness (QED) is 0.870. The van der Waals surface area contributed by atoms with Gasteiger partial charge in [0.05, 0.1) is 11.6 Å². The van der Waals surface area contributed by atoms with Gasteiger partial charge < -0.3 is 9.64 Å². The lowest BCUT2D eigenvalue weighted by Crippen LogP contribution is -2.24. The molecule has 20 heavy (non-hydrogen) atoms. The van der Waals surface area contributed by atoms with Crippen molar-refractivity contribution in [3.63, 3.8) is 0 Å². The van der Waals surface area contributed by atoms with Crippen LogP contribution in [0.3, 0.4) is 0 Å². The molecule has 0 bridgehead atoms. The Bertz CT molecular complexity index is 594. The van der Waals surface area contributed by atoms with Gasteiger partial charge in [-0.05, 0) is 18.2 Å². The summed E-state index contributed by atoms with van der Waals surface area (Å²) in [5.74, 6) is 0.442. The van der Waals surface area contributed by atoms with E-state index in [1.807, 2.05) is 12.1 Å². The van der Waals surface area contributed by atoms with Crippen molar-refractivity contribution < 1.29 is 4.74 Å². The molecule has 2 aromatic rings. The Hall–Kier alpha value is -1.52. The first-order valence-corrected chi connectivity index (χ1v) is 7.10. The molecule has 0 saturated carbocycles. The van der Waals surface area contributed by atoms with E-state index in [1.54, 1.807) is 24.7 Å². The number of aromatic nitrogens is 2. The van der Waals surface area contributed by atoms with Gasteiger partial charge in [0.1, 0.15) is 11.1 Å². The van der Waals surface area contributed by atoms with Crippen molar-refractivity contribution in [2.24, 2.45) is 0 Å². The molecule has 0 radical (unpaired) electrons. The molecule has 1 fully saturated rings. The topological polar surface area (TPSA) is 38.2 Å². The van der Waals surface area contributed by atoms with E-state index in [4.69, 9.17) is 27.9 Å². The van der Waals surface area contributed by atoms with Gasteiger partial charge in [-0.2, -0.15) is 0 Å². The summed E-state index contributed by atoms with van der Waals surface area (Å²) in [6.07, 6.45) is 6.14. The van der Waals surface area contributed by atoms with Gasteiger partial charge in [-0.15, -0.1) is 0 Å². The summed E-state index contributed by atoms with van der Waals surface area (Å²) >= 11 is 11.9. The van der Waals surface area contributed by atoms with Crippen LogP contribution in [0.25, 0.3) is 0 Å². The molecule has 3 heterocycles. The van der Waals surface area contributed by atoms with Crippen LogP contribution in [-0.4, -0.2) is 29.2 Å². The molecule has 4 nitrogen and oxygen atoms in total. The Morgan fingerprint density at radius 2 is 2.05 bits per heavy atom. The van der Waals surface area contributed by atoms with E-state index >= 15 is 0 Å². The van der Waals surface area contributed by atoms with Crippen LogP contribution in [0.4, 0.5) is 5.69 Å². The first-order valence-electron chi connectivity index (χ1n) is 6.35. The Morgan fingerprint density at radius 3 is 2.80 bits per heavy atom. The number of halogens is 2. The van der Waals surface area contributed by atoms with Crippen molar-refractivity contribution >= 4 is 28.9 Å². The van der Waals surface area contributed by atoms with E-state index in [0.29, 0.717) is 15.9 Å². The highest BCUT2D eigenvalue weighted by atomic mass is 35.5. The number of anilines is 1. The van der Waals surface area contributed by atoms with Gasteiger partial charge in [0.15, 0.2) is 0 Å². The van der Waals surface area contributed by atoms with Crippen LogP contribution in [0.5, 0.6) is 5.88 Å². The maximum absolute atomic E-state index is 6.07. The van der Waals surface area contributed by atoms with Crippen molar-refractivity contribution in [3.05, 3.63) is 46.8 Å². The Kier molecular flexibility index (Phi) is 3.94. The molecule has 0 aromatic carbocycles. The summed E-state index contributed by atoms with van der Waals surface area (Å²) in [6.45, 7) is 1.75. The molecule has 0 spiro atoms. The smallest absolute Gasteiger partial charge is 0.232 e. The van der Waals surface area contributed by atoms with Gasteiger partial charge in [0.25, 0.3) is 0 Å². The summed E-state index contributed by atoms with van der Waals surface area (Å²) in [7, 11) is 0. The molecule has 1 aliphatic heterocycles. The molecule has 0 aliphatic carbocycles. The van der Waals surface area contributed by atoms with Crippen LogP contribution in [0, 0.1) is 0 Å². The number of ether oxygens (including phenoxy) is 1. The van der Waals surface area contributed by atoms with Gasteiger partial charge in [-0.3, -0.25) is 4.98 Å². The molecule has 3 rings (SSSR count). The highest BCUT2D eigenvalue weighted by molar-refractivity contribution is 6.35. The minimum atomic E-state index is 0.0781. The van der Waals surface area contributed by atoms with Crippen LogP contribution < -0.4 is 9.64 Å². The zero-order chi connectivity index (χ0) is 13.9. The maximum atomic E-state index is 6.07. The number of pyridine rings is 2. The molecule has 104 valence electrons. The largest absolute Gasteiger partial charge is 0.471 e. The minimum absolute atomic E-state index is 0.0781. The molecule has 6 heteroatoms. The maximum Gasteiger partial charge on any atom is 0.232 e. The zero-order valence-electron chi connectivity index (χ0n) is 10.7. The predicted molar refractivity (Wildman–Crippen MR) is 79.7 cm³/mol.